The molecule has 3 aliphatic carbocycles. The third kappa shape index (κ3) is 2.42. The summed E-state index contributed by atoms with van der Waals surface area (Å²) in [5, 5.41) is 11.6. The first-order valence-corrected chi connectivity index (χ1v) is 9.63. The molecular formula is C22H28O4. The lowest BCUT2D eigenvalue weighted by Gasteiger charge is -2.52. The van der Waals surface area contributed by atoms with Crippen molar-refractivity contribution >= 4 is 5.97 Å². The zero-order valence-electron chi connectivity index (χ0n) is 15.6. The van der Waals surface area contributed by atoms with Gasteiger partial charge in [-0.05, 0) is 67.2 Å². The van der Waals surface area contributed by atoms with Gasteiger partial charge in [0, 0.05) is 11.8 Å². The Morgan fingerprint density at radius 1 is 1.31 bits per heavy atom. The van der Waals surface area contributed by atoms with Gasteiger partial charge in [0.15, 0.2) is 0 Å². The molecule has 4 heteroatoms. The van der Waals surface area contributed by atoms with E-state index in [0.717, 1.165) is 31.4 Å². The number of aliphatic hydroxyl groups is 1. The Balaban J connectivity index is 1.79. The van der Waals surface area contributed by atoms with Crippen LogP contribution in [0.5, 0.6) is 5.75 Å². The Kier molecular flexibility index (Phi) is 4.34. The van der Waals surface area contributed by atoms with Gasteiger partial charge >= 0.3 is 5.97 Å². The highest BCUT2D eigenvalue weighted by atomic mass is 16.5. The number of ether oxygens (including phenoxy) is 2. The van der Waals surface area contributed by atoms with E-state index in [1.165, 1.54) is 18.2 Å². The van der Waals surface area contributed by atoms with Crippen molar-refractivity contribution in [1.82, 2.24) is 0 Å². The summed E-state index contributed by atoms with van der Waals surface area (Å²) in [4.78, 5) is 12.7. The van der Waals surface area contributed by atoms with Crippen LogP contribution in [0, 0.1) is 23.7 Å². The van der Waals surface area contributed by atoms with Crippen LogP contribution in [0.2, 0.25) is 0 Å². The summed E-state index contributed by atoms with van der Waals surface area (Å²) in [5.41, 5.74) is 1.68. The van der Waals surface area contributed by atoms with Gasteiger partial charge in [0.2, 0.25) is 0 Å². The molecule has 4 nitrogen and oxygen atoms in total. The smallest absolute Gasteiger partial charge is 0.309 e. The number of rotatable bonds is 3. The van der Waals surface area contributed by atoms with Crippen molar-refractivity contribution in [3.8, 4) is 5.75 Å². The highest BCUT2D eigenvalue weighted by Crippen LogP contribution is 2.61. The number of aryl methyl sites for hydroxylation is 1. The molecule has 0 radical (unpaired) electrons. The molecule has 2 fully saturated rings. The topological polar surface area (TPSA) is 55.8 Å². The largest absolute Gasteiger partial charge is 0.497 e. The van der Waals surface area contributed by atoms with Gasteiger partial charge in [0.25, 0.3) is 0 Å². The van der Waals surface area contributed by atoms with Gasteiger partial charge in [-0.1, -0.05) is 12.1 Å². The number of fused-ring (bicyclic) bond motifs is 5. The first-order chi connectivity index (χ1) is 12.5. The second kappa shape index (κ2) is 6.41. The molecule has 1 N–H and O–H groups in total. The summed E-state index contributed by atoms with van der Waals surface area (Å²) in [6.45, 7) is 3.94. The van der Waals surface area contributed by atoms with Crippen LogP contribution in [-0.2, 0) is 16.0 Å². The van der Waals surface area contributed by atoms with Crippen molar-refractivity contribution in [2.75, 3.05) is 14.2 Å². The molecule has 0 aromatic heterocycles. The summed E-state index contributed by atoms with van der Waals surface area (Å²) >= 11 is 0. The number of esters is 1. The van der Waals surface area contributed by atoms with Crippen LogP contribution in [0.4, 0.5) is 0 Å². The van der Waals surface area contributed by atoms with Gasteiger partial charge in [-0.15, -0.1) is 6.58 Å². The first-order valence-electron chi connectivity index (χ1n) is 9.63. The average Bonchev–Trinajstić information content (AvgIpc) is 3.01. The van der Waals surface area contributed by atoms with Crippen molar-refractivity contribution in [3.63, 3.8) is 0 Å². The number of benzene rings is 1. The Morgan fingerprint density at radius 2 is 2.12 bits per heavy atom. The minimum Gasteiger partial charge on any atom is -0.497 e. The van der Waals surface area contributed by atoms with Gasteiger partial charge in [-0.3, -0.25) is 4.79 Å². The number of hydrogen-bond acceptors (Lipinski definition) is 4. The average molecular weight is 356 g/mol. The molecule has 3 aliphatic rings. The lowest BCUT2D eigenvalue weighted by Crippen LogP contribution is -2.54. The monoisotopic (exact) mass is 356 g/mol. The molecule has 1 aromatic carbocycles. The Hall–Kier alpha value is -1.81. The lowest BCUT2D eigenvalue weighted by molar-refractivity contribution is -0.160. The maximum absolute atomic E-state index is 12.7. The molecule has 1 aromatic rings. The van der Waals surface area contributed by atoms with Crippen LogP contribution in [0.3, 0.4) is 0 Å². The molecule has 26 heavy (non-hydrogen) atoms. The normalized spacial score (nSPS) is 37.9. The van der Waals surface area contributed by atoms with Gasteiger partial charge in [0.05, 0.1) is 25.7 Å². The number of methoxy groups -OCH3 is 2. The molecule has 0 heterocycles. The van der Waals surface area contributed by atoms with E-state index < -0.39 is 5.60 Å². The maximum Gasteiger partial charge on any atom is 0.309 e. The SMILES string of the molecule is C=C[C@H]1CC[C@@H]2[C@H]3CCc4cc(OC)ccc4[C@@H]3[C@@H](C(=O)OC)C[C@@]21O. The van der Waals surface area contributed by atoms with Gasteiger partial charge in [-0.25, -0.2) is 0 Å². The highest BCUT2D eigenvalue weighted by Gasteiger charge is 2.60. The minimum atomic E-state index is -0.828. The standard InChI is InChI=1S/C22H28O4/c1-4-14-6-10-19-17-8-5-13-11-15(25-2)7-9-16(13)20(17)18(21(23)26-3)12-22(14,19)24/h4,7,9,11,14,17-20,24H,1,5-6,8,10,12H2,2-3H3/t14-,17+,18-,19+,20-,22-/m0/s1. The number of carbonyl (C=O) groups excluding carboxylic acids is 1. The molecular weight excluding hydrogens is 328 g/mol. The summed E-state index contributed by atoms with van der Waals surface area (Å²) in [6.07, 6.45) is 6.27. The van der Waals surface area contributed by atoms with E-state index in [9.17, 15) is 9.90 Å². The molecule has 2 saturated carbocycles. The van der Waals surface area contributed by atoms with Crippen molar-refractivity contribution in [1.29, 1.82) is 0 Å². The third-order valence-electron chi connectivity index (χ3n) is 7.28. The van der Waals surface area contributed by atoms with Crippen LogP contribution >= 0.6 is 0 Å². The lowest BCUT2D eigenvalue weighted by atomic mass is 9.54. The van der Waals surface area contributed by atoms with Gasteiger partial charge in [-0.2, -0.15) is 0 Å². The molecule has 0 bridgehead atoms. The van der Waals surface area contributed by atoms with Crippen molar-refractivity contribution in [2.24, 2.45) is 23.7 Å². The molecule has 6 atom stereocenters. The predicted molar refractivity (Wildman–Crippen MR) is 99.0 cm³/mol. The Bertz CT molecular complexity index is 727. The minimum absolute atomic E-state index is 0.0675. The zero-order valence-corrected chi connectivity index (χ0v) is 15.6. The van der Waals surface area contributed by atoms with Crippen LogP contribution in [-0.4, -0.2) is 30.9 Å². The summed E-state index contributed by atoms with van der Waals surface area (Å²) in [7, 11) is 3.13. The van der Waals surface area contributed by atoms with E-state index in [1.807, 2.05) is 12.1 Å². The number of carbonyl (C=O) groups is 1. The summed E-state index contributed by atoms with van der Waals surface area (Å²) in [5.74, 6) is 1.07. The first kappa shape index (κ1) is 17.6. The molecule has 140 valence electrons. The highest BCUT2D eigenvalue weighted by molar-refractivity contribution is 5.74. The van der Waals surface area contributed by atoms with Crippen molar-refractivity contribution in [2.45, 2.75) is 43.6 Å². The molecule has 0 amide bonds. The molecule has 0 unspecified atom stereocenters. The summed E-state index contributed by atoms with van der Waals surface area (Å²) < 4.78 is 10.5. The predicted octanol–water partition coefficient (Wildman–Crippen LogP) is 3.48. The summed E-state index contributed by atoms with van der Waals surface area (Å²) in [6, 6.07) is 6.20. The molecule has 0 spiro atoms. The Labute approximate surface area is 155 Å². The van der Waals surface area contributed by atoms with Gasteiger partial charge < -0.3 is 14.6 Å². The van der Waals surface area contributed by atoms with E-state index >= 15 is 0 Å². The van der Waals surface area contributed by atoms with Crippen LogP contribution in [0.15, 0.2) is 30.9 Å². The van der Waals surface area contributed by atoms with Crippen molar-refractivity contribution in [3.05, 3.63) is 42.0 Å². The third-order valence-corrected chi connectivity index (χ3v) is 7.28. The fourth-order valence-electron chi connectivity index (χ4n) is 6.15. The fraction of sp³-hybridized carbons (Fsp3) is 0.591. The van der Waals surface area contributed by atoms with E-state index in [4.69, 9.17) is 9.47 Å². The van der Waals surface area contributed by atoms with Crippen LogP contribution in [0.1, 0.15) is 42.7 Å². The quantitative estimate of drug-likeness (QED) is 0.665. The van der Waals surface area contributed by atoms with Crippen LogP contribution < -0.4 is 4.74 Å². The van der Waals surface area contributed by atoms with Crippen LogP contribution in [0.25, 0.3) is 0 Å². The molecule has 0 saturated heterocycles. The second-order valence-electron chi connectivity index (χ2n) is 8.14. The van der Waals surface area contributed by atoms with E-state index in [1.54, 1.807) is 7.11 Å². The van der Waals surface area contributed by atoms with Crippen molar-refractivity contribution < 1.29 is 19.4 Å². The number of hydrogen-bond donors (Lipinski definition) is 1. The molecule has 0 aliphatic heterocycles. The second-order valence-corrected chi connectivity index (χ2v) is 8.14. The van der Waals surface area contributed by atoms with E-state index in [0.29, 0.717) is 12.3 Å². The maximum atomic E-state index is 12.7. The Morgan fingerprint density at radius 3 is 2.81 bits per heavy atom. The zero-order chi connectivity index (χ0) is 18.5. The van der Waals surface area contributed by atoms with E-state index in [2.05, 4.69) is 18.7 Å². The molecule has 4 rings (SSSR count). The van der Waals surface area contributed by atoms with E-state index in [-0.39, 0.29) is 29.6 Å². The fourth-order valence-corrected chi connectivity index (χ4v) is 6.15. The van der Waals surface area contributed by atoms with Gasteiger partial charge in [0.1, 0.15) is 5.75 Å².